The summed E-state index contributed by atoms with van der Waals surface area (Å²) in [5.74, 6) is 0.764. The van der Waals surface area contributed by atoms with Crippen LogP contribution in [0.4, 0.5) is 0 Å². The van der Waals surface area contributed by atoms with Gasteiger partial charge in [-0.2, -0.15) is 0 Å². The lowest BCUT2D eigenvalue weighted by molar-refractivity contribution is 0.319. The molecule has 1 N–H and O–H groups in total. The summed E-state index contributed by atoms with van der Waals surface area (Å²) in [7, 11) is 1.62. The van der Waals surface area contributed by atoms with E-state index < -0.39 is 0 Å². The minimum Gasteiger partial charge on any atom is -0.497 e. The molecule has 0 bridgehead atoms. The molecule has 6 heteroatoms. The zero-order valence-electron chi connectivity index (χ0n) is 12.0. The predicted octanol–water partition coefficient (Wildman–Crippen LogP) is 3.76. The minimum atomic E-state index is 0.519. The highest BCUT2D eigenvalue weighted by Crippen LogP contribution is 2.23. The highest BCUT2D eigenvalue weighted by atomic mass is 32.2. The van der Waals surface area contributed by atoms with Crippen molar-refractivity contribution in [1.82, 2.24) is 4.98 Å². The third-order valence-corrected chi connectivity index (χ3v) is 4.19. The molecule has 0 radical (unpaired) electrons. The summed E-state index contributed by atoms with van der Waals surface area (Å²) in [4.78, 5) is 4.48. The molecule has 2 rings (SSSR count). The van der Waals surface area contributed by atoms with Gasteiger partial charge in [0.05, 0.1) is 17.2 Å². The maximum absolute atomic E-state index is 9.41. The normalized spacial score (nSPS) is 11.5. The van der Waals surface area contributed by atoms with Gasteiger partial charge >= 0.3 is 0 Å². The largest absolute Gasteiger partial charge is 0.497 e. The zero-order valence-corrected chi connectivity index (χ0v) is 13.7. The number of thioether (sulfide) groups is 2. The van der Waals surface area contributed by atoms with Crippen molar-refractivity contribution in [2.75, 3.05) is 19.6 Å². The van der Waals surface area contributed by atoms with Gasteiger partial charge in [0.15, 0.2) is 0 Å². The molecule has 0 aliphatic rings. The maximum Gasteiger partial charge on any atom is 0.118 e. The number of ether oxygens (including phenoxy) is 1. The van der Waals surface area contributed by atoms with Crippen LogP contribution in [0.1, 0.15) is 11.1 Å². The summed E-state index contributed by atoms with van der Waals surface area (Å²) < 4.78 is 5.14. The first-order valence-electron chi connectivity index (χ1n) is 6.18. The van der Waals surface area contributed by atoms with Crippen LogP contribution in [0.3, 0.4) is 0 Å². The van der Waals surface area contributed by atoms with E-state index in [1.54, 1.807) is 30.6 Å². The number of hydrogen-bond donors (Lipinski definition) is 1. The number of benzene rings is 1. The van der Waals surface area contributed by atoms with Crippen molar-refractivity contribution in [3.63, 3.8) is 0 Å². The fourth-order valence-corrected chi connectivity index (χ4v) is 2.78. The molecule has 21 heavy (non-hydrogen) atoms. The molecule has 0 fully saturated rings. The predicted molar refractivity (Wildman–Crippen MR) is 88.2 cm³/mol. The van der Waals surface area contributed by atoms with Crippen LogP contribution in [0.15, 0.2) is 51.6 Å². The molecule has 1 heterocycles. The van der Waals surface area contributed by atoms with Crippen LogP contribution in [-0.4, -0.2) is 35.5 Å². The van der Waals surface area contributed by atoms with E-state index in [9.17, 15) is 5.21 Å². The quantitative estimate of drug-likeness (QED) is 0.393. The fourth-order valence-electron chi connectivity index (χ4n) is 1.86. The maximum atomic E-state index is 9.41. The van der Waals surface area contributed by atoms with Crippen LogP contribution in [0.5, 0.6) is 5.75 Å². The molecule has 0 unspecified atom stereocenters. The molecule has 0 saturated heterocycles. The first kappa shape index (κ1) is 15.7. The van der Waals surface area contributed by atoms with Gasteiger partial charge in [-0.15, -0.1) is 23.5 Å². The number of nitrogens with zero attached hydrogens (tertiary/aromatic N) is 2. The Labute approximate surface area is 132 Å². The Morgan fingerprint density at radius 1 is 1.05 bits per heavy atom. The summed E-state index contributed by atoms with van der Waals surface area (Å²) in [5, 5.41) is 14.7. The van der Waals surface area contributed by atoms with Crippen LogP contribution in [0.25, 0.3) is 0 Å². The van der Waals surface area contributed by atoms with E-state index in [0.717, 1.165) is 26.9 Å². The van der Waals surface area contributed by atoms with Gasteiger partial charge in [-0.05, 0) is 48.9 Å². The number of pyridine rings is 1. The van der Waals surface area contributed by atoms with E-state index in [-0.39, 0.29) is 0 Å². The van der Waals surface area contributed by atoms with Crippen LogP contribution >= 0.6 is 23.5 Å². The molecule has 0 aliphatic heterocycles. The van der Waals surface area contributed by atoms with Crippen molar-refractivity contribution < 1.29 is 9.94 Å². The Morgan fingerprint density at radius 3 is 2.05 bits per heavy atom. The Morgan fingerprint density at radius 2 is 1.62 bits per heavy atom. The molecule has 0 aliphatic carbocycles. The SMILES string of the molecule is COc1ccc(C(=NO)c2cc(SC)nc(SC)c2)cc1. The first-order valence-corrected chi connectivity index (χ1v) is 8.63. The summed E-state index contributed by atoms with van der Waals surface area (Å²) in [6, 6.07) is 11.3. The number of rotatable bonds is 5. The molecule has 0 atom stereocenters. The van der Waals surface area contributed by atoms with E-state index in [0.29, 0.717) is 5.71 Å². The lowest BCUT2D eigenvalue weighted by Gasteiger charge is -2.09. The monoisotopic (exact) mass is 320 g/mol. The van der Waals surface area contributed by atoms with Crippen LogP contribution in [-0.2, 0) is 0 Å². The topological polar surface area (TPSA) is 54.7 Å². The Hall–Kier alpha value is -1.66. The molecule has 110 valence electrons. The summed E-state index contributed by atoms with van der Waals surface area (Å²) in [5.41, 5.74) is 2.18. The summed E-state index contributed by atoms with van der Waals surface area (Å²) in [6.45, 7) is 0. The first-order chi connectivity index (χ1) is 10.2. The molecule has 4 nitrogen and oxygen atoms in total. The zero-order chi connectivity index (χ0) is 15.2. The van der Waals surface area contributed by atoms with Gasteiger partial charge in [0.25, 0.3) is 0 Å². The second-order valence-electron chi connectivity index (χ2n) is 4.12. The number of methoxy groups -OCH3 is 1. The minimum absolute atomic E-state index is 0.519. The average molecular weight is 320 g/mol. The van der Waals surface area contributed by atoms with Gasteiger partial charge in [-0.1, -0.05) is 5.16 Å². The molecular weight excluding hydrogens is 304 g/mol. The van der Waals surface area contributed by atoms with Crippen LogP contribution in [0, 0.1) is 0 Å². The van der Waals surface area contributed by atoms with E-state index in [2.05, 4.69) is 10.1 Å². The van der Waals surface area contributed by atoms with Crippen LogP contribution < -0.4 is 4.74 Å². The second-order valence-corrected chi connectivity index (χ2v) is 5.77. The Bertz CT molecular complexity index is 620. The summed E-state index contributed by atoms with van der Waals surface area (Å²) >= 11 is 3.12. The van der Waals surface area contributed by atoms with E-state index in [1.165, 1.54) is 0 Å². The average Bonchev–Trinajstić information content (AvgIpc) is 2.55. The van der Waals surface area contributed by atoms with Gasteiger partial charge in [-0.25, -0.2) is 4.98 Å². The lowest BCUT2D eigenvalue weighted by Crippen LogP contribution is -2.05. The van der Waals surface area contributed by atoms with Crippen molar-refractivity contribution in [1.29, 1.82) is 0 Å². The third kappa shape index (κ3) is 3.71. The van der Waals surface area contributed by atoms with Crippen molar-refractivity contribution in [3.8, 4) is 5.75 Å². The fraction of sp³-hybridized carbons (Fsp3) is 0.200. The summed E-state index contributed by atoms with van der Waals surface area (Å²) in [6.07, 6.45) is 3.94. The van der Waals surface area contributed by atoms with E-state index in [1.807, 2.05) is 48.9 Å². The van der Waals surface area contributed by atoms with Crippen molar-refractivity contribution >= 4 is 29.2 Å². The highest BCUT2D eigenvalue weighted by Gasteiger charge is 2.11. The molecule has 1 aromatic heterocycles. The number of hydrogen-bond acceptors (Lipinski definition) is 6. The van der Waals surface area contributed by atoms with Crippen molar-refractivity contribution in [2.45, 2.75) is 10.1 Å². The van der Waals surface area contributed by atoms with E-state index >= 15 is 0 Å². The second kappa shape index (κ2) is 7.38. The molecule has 2 aromatic rings. The smallest absolute Gasteiger partial charge is 0.118 e. The number of oxime groups is 1. The van der Waals surface area contributed by atoms with Gasteiger partial charge < -0.3 is 9.94 Å². The lowest BCUT2D eigenvalue weighted by atomic mass is 10.0. The molecule has 0 spiro atoms. The van der Waals surface area contributed by atoms with Gasteiger partial charge in [0.1, 0.15) is 11.5 Å². The number of aromatic nitrogens is 1. The Kier molecular flexibility index (Phi) is 5.52. The molecule has 0 saturated carbocycles. The van der Waals surface area contributed by atoms with Crippen LogP contribution in [0.2, 0.25) is 0 Å². The van der Waals surface area contributed by atoms with Gasteiger partial charge in [-0.3, -0.25) is 0 Å². The van der Waals surface area contributed by atoms with Gasteiger partial charge in [0, 0.05) is 11.1 Å². The van der Waals surface area contributed by atoms with E-state index in [4.69, 9.17) is 4.74 Å². The Balaban J connectivity index is 2.45. The van der Waals surface area contributed by atoms with Crippen molar-refractivity contribution in [2.24, 2.45) is 5.16 Å². The van der Waals surface area contributed by atoms with Crippen molar-refractivity contribution in [3.05, 3.63) is 47.5 Å². The molecule has 1 aromatic carbocycles. The molecular formula is C15H16N2O2S2. The third-order valence-electron chi connectivity index (χ3n) is 2.93. The standard InChI is InChI=1S/C15H16N2O2S2/c1-19-12-6-4-10(5-7-12)15(17-18)11-8-13(20-2)16-14(9-11)21-3/h4-9,18H,1-3H3. The van der Waals surface area contributed by atoms with Gasteiger partial charge in [0.2, 0.25) is 0 Å². The highest BCUT2D eigenvalue weighted by molar-refractivity contribution is 7.99. The molecule has 0 amide bonds.